The number of aromatic nitrogens is 2. The van der Waals surface area contributed by atoms with E-state index in [4.69, 9.17) is 0 Å². The van der Waals surface area contributed by atoms with E-state index in [-0.39, 0.29) is 11.4 Å². The minimum absolute atomic E-state index is 0.199. The van der Waals surface area contributed by atoms with Crippen molar-refractivity contribution >= 4 is 26.5 Å². The van der Waals surface area contributed by atoms with Gasteiger partial charge in [0.05, 0.1) is 32.8 Å². The number of H-pyrrole nitrogens is 1. The number of para-hydroxylation sites is 1. The molecule has 0 fully saturated rings. The van der Waals surface area contributed by atoms with Crippen LogP contribution in [0.2, 0.25) is 0 Å². The summed E-state index contributed by atoms with van der Waals surface area (Å²) in [7, 11) is -4.87. The summed E-state index contributed by atoms with van der Waals surface area (Å²) in [6.45, 7) is 3.54. The molecule has 1 aromatic carbocycles. The molecular weight excluding hydrogens is 310 g/mol. The predicted octanol–water partition coefficient (Wildman–Crippen LogP) is 1.34. The highest BCUT2D eigenvalue weighted by atomic mass is 32.2. The van der Waals surface area contributed by atoms with Crippen LogP contribution in [0.1, 0.15) is 11.4 Å². The van der Waals surface area contributed by atoms with Gasteiger partial charge in [-0.25, -0.2) is 8.42 Å². The van der Waals surface area contributed by atoms with Crippen molar-refractivity contribution < 1.29 is 12.6 Å². The number of aromatic amines is 1. The van der Waals surface area contributed by atoms with Crippen LogP contribution in [0.5, 0.6) is 0 Å². The van der Waals surface area contributed by atoms with Gasteiger partial charge in [-0.05, 0) is 26.0 Å². The summed E-state index contributed by atoms with van der Waals surface area (Å²) in [4.78, 5) is 0.760. The molecule has 0 saturated heterocycles. The number of hydrogen-bond donors (Lipinski definition) is 1. The lowest BCUT2D eigenvalue weighted by atomic mass is 10.3. The van der Waals surface area contributed by atoms with Crippen molar-refractivity contribution in [3.05, 3.63) is 35.7 Å². The van der Waals surface area contributed by atoms with Crippen molar-refractivity contribution in [1.29, 1.82) is 0 Å². The predicted molar refractivity (Wildman–Crippen MR) is 80.3 cm³/mol. The van der Waals surface area contributed by atoms with Gasteiger partial charge in [0.15, 0.2) is 0 Å². The van der Waals surface area contributed by atoms with Gasteiger partial charge < -0.3 is 0 Å². The fourth-order valence-corrected chi connectivity index (χ4v) is 5.74. The van der Waals surface area contributed by atoms with Gasteiger partial charge in [-0.15, -0.1) is 0 Å². The van der Waals surface area contributed by atoms with Crippen molar-refractivity contribution in [1.82, 2.24) is 10.2 Å². The Morgan fingerprint density at radius 1 is 1.29 bits per heavy atom. The van der Waals surface area contributed by atoms with E-state index in [1.54, 1.807) is 38.1 Å². The van der Waals surface area contributed by atoms with Crippen molar-refractivity contribution in [2.24, 2.45) is 0 Å². The second-order valence-electron chi connectivity index (χ2n) is 4.86. The van der Waals surface area contributed by atoms with Crippen molar-refractivity contribution in [2.45, 2.75) is 23.6 Å². The summed E-state index contributed by atoms with van der Waals surface area (Å²) in [5, 5.41) is 6.66. The van der Waals surface area contributed by atoms with E-state index in [2.05, 4.69) is 10.2 Å². The number of fused-ring (bicyclic) bond motifs is 1. The van der Waals surface area contributed by atoms with E-state index in [0.29, 0.717) is 27.7 Å². The Morgan fingerprint density at radius 3 is 2.67 bits per heavy atom. The van der Waals surface area contributed by atoms with Crippen molar-refractivity contribution in [2.75, 3.05) is 16.6 Å². The monoisotopic (exact) mass is 325 g/mol. The van der Waals surface area contributed by atoms with Gasteiger partial charge in [0, 0.05) is 12.3 Å². The molecular formula is C13H15N3O3S2. The van der Waals surface area contributed by atoms with E-state index in [0.717, 1.165) is 0 Å². The van der Waals surface area contributed by atoms with Crippen LogP contribution in [0.4, 0.5) is 5.69 Å². The fraction of sp³-hybridized carbons (Fsp3) is 0.308. The summed E-state index contributed by atoms with van der Waals surface area (Å²) in [5.41, 5.74) is 1.44. The Labute approximate surface area is 125 Å². The molecule has 112 valence electrons. The lowest BCUT2D eigenvalue weighted by Gasteiger charge is -2.29. The van der Waals surface area contributed by atoms with Crippen LogP contribution in [0.25, 0.3) is 0 Å². The number of rotatable bonds is 2. The van der Waals surface area contributed by atoms with Crippen LogP contribution < -0.4 is 4.31 Å². The van der Waals surface area contributed by atoms with Gasteiger partial charge in [-0.1, -0.05) is 12.1 Å². The maximum Gasteiger partial charge on any atom is 0.268 e. The number of hydrogen-bond acceptors (Lipinski definition) is 4. The molecule has 0 radical (unpaired) electrons. The maximum atomic E-state index is 12.9. The van der Waals surface area contributed by atoms with Gasteiger partial charge in [0.1, 0.15) is 4.90 Å². The van der Waals surface area contributed by atoms with Gasteiger partial charge in [0.25, 0.3) is 10.0 Å². The molecule has 8 heteroatoms. The largest absolute Gasteiger partial charge is 0.281 e. The zero-order chi connectivity index (χ0) is 15.2. The lowest BCUT2D eigenvalue weighted by molar-refractivity contribution is 0.590. The summed E-state index contributed by atoms with van der Waals surface area (Å²) in [6.07, 6.45) is 0. The molecule has 1 aliphatic rings. The molecule has 1 atom stereocenters. The molecule has 0 aliphatic carbocycles. The molecule has 0 spiro atoms. The van der Waals surface area contributed by atoms with Crippen molar-refractivity contribution in [3.8, 4) is 0 Å². The second kappa shape index (κ2) is 4.96. The van der Waals surface area contributed by atoms with Gasteiger partial charge in [0.2, 0.25) is 0 Å². The summed E-state index contributed by atoms with van der Waals surface area (Å²) in [5.74, 6) is 0.298. The SMILES string of the molecule is Cc1n[nH]c(C)c1S(=O)(=O)N1CCS(=O)c2ccccc21. The molecule has 0 saturated carbocycles. The summed E-state index contributed by atoms with van der Waals surface area (Å²) < 4.78 is 39.2. The zero-order valence-electron chi connectivity index (χ0n) is 11.7. The normalized spacial score (nSPS) is 18.6. The van der Waals surface area contributed by atoms with Crippen LogP contribution in [-0.4, -0.2) is 35.1 Å². The maximum absolute atomic E-state index is 12.9. The molecule has 1 N–H and O–H groups in total. The second-order valence-corrected chi connectivity index (χ2v) is 8.20. The summed E-state index contributed by atoms with van der Waals surface area (Å²) >= 11 is 0. The number of benzene rings is 1. The van der Waals surface area contributed by atoms with Crippen LogP contribution in [0.15, 0.2) is 34.1 Å². The lowest BCUT2D eigenvalue weighted by Crippen LogP contribution is -2.38. The highest BCUT2D eigenvalue weighted by Crippen LogP contribution is 2.33. The molecule has 0 amide bonds. The topological polar surface area (TPSA) is 83.1 Å². The van der Waals surface area contributed by atoms with E-state index < -0.39 is 20.8 Å². The van der Waals surface area contributed by atoms with Crippen LogP contribution in [-0.2, 0) is 20.8 Å². The molecule has 21 heavy (non-hydrogen) atoms. The standard InChI is InChI=1S/C13H15N3O3S2/c1-9-13(10(2)15-14-9)21(18,19)16-7-8-20(17)12-6-4-3-5-11(12)16/h3-6H,7-8H2,1-2H3,(H,14,15). The molecule has 0 bridgehead atoms. The molecule has 2 aromatic rings. The first-order valence-electron chi connectivity index (χ1n) is 6.44. The zero-order valence-corrected chi connectivity index (χ0v) is 13.3. The quantitative estimate of drug-likeness (QED) is 0.903. The van der Waals surface area contributed by atoms with E-state index in [1.165, 1.54) is 4.31 Å². The number of aryl methyl sites for hydroxylation is 2. The van der Waals surface area contributed by atoms with E-state index in [9.17, 15) is 12.6 Å². The van der Waals surface area contributed by atoms with Crippen LogP contribution in [0, 0.1) is 13.8 Å². The Balaban J connectivity index is 2.18. The number of anilines is 1. The molecule has 1 aromatic heterocycles. The molecule has 6 nitrogen and oxygen atoms in total. The Morgan fingerprint density at radius 2 is 2.00 bits per heavy atom. The number of nitrogens with zero attached hydrogens (tertiary/aromatic N) is 2. The summed E-state index contributed by atoms with van der Waals surface area (Å²) in [6, 6.07) is 6.91. The Bertz CT molecular complexity index is 807. The average molecular weight is 325 g/mol. The van der Waals surface area contributed by atoms with E-state index >= 15 is 0 Å². The van der Waals surface area contributed by atoms with Gasteiger partial charge in [-0.2, -0.15) is 5.10 Å². The number of nitrogens with one attached hydrogen (secondary N) is 1. The Kier molecular flexibility index (Phi) is 3.37. The Hall–Kier alpha value is -1.67. The van der Waals surface area contributed by atoms with Crippen LogP contribution >= 0.6 is 0 Å². The average Bonchev–Trinajstić information content (AvgIpc) is 2.79. The first kappa shape index (κ1) is 14.3. The van der Waals surface area contributed by atoms with Crippen molar-refractivity contribution in [3.63, 3.8) is 0 Å². The smallest absolute Gasteiger partial charge is 0.268 e. The molecule has 1 aliphatic heterocycles. The molecule has 2 heterocycles. The molecule has 1 unspecified atom stereocenters. The van der Waals surface area contributed by atoms with Crippen LogP contribution in [0.3, 0.4) is 0 Å². The third-order valence-corrected chi connectivity index (χ3v) is 6.93. The third kappa shape index (κ3) is 2.18. The third-order valence-electron chi connectivity index (χ3n) is 3.47. The van der Waals surface area contributed by atoms with Gasteiger partial charge >= 0.3 is 0 Å². The fourth-order valence-electron chi connectivity index (χ4n) is 2.53. The molecule has 3 rings (SSSR count). The highest BCUT2D eigenvalue weighted by molar-refractivity contribution is 7.93. The van der Waals surface area contributed by atoms with Gasteiger partial charge in [-0.3, -0.25) is 13.6 Å². The first-order chi connectivity index (χ1) is 9.93. The highest BCUT2D eigenvalue weighted by Gasteiger charge is 2.34. The van der Waals surface area contributed by atoms with E-state index in [1.807, 2.05) is 0 Å². The first-order valence-corrected chi connectivity index (χ1v) is 9.20. The minimum Gasteiger partial charge on any atom is -0.281 e. The minimum atomic E-state index is -3.71. The number of sulfonamides is 1.